The molecule has 0 aromatic heterocycles. The van der Waals surface area contributed by atoms with Crippen molar-refractivity contribution in [2.75, 3.05) is 12.0 Å². The summed E-state index contributed by atoms with van der Waals surface area (Å²) in [6, 6.07) is -0.933. The Morgan fingerprint density at radius 1 is 1.80 bits per heavy atom. The van der Waals surface area contributed by atoms with Crippen molar-refractivity contribution in [1.29, 1.82) is 0 Å². The predicted molar refractivity (Wildman–Crippen MR) is 38.7 cm³/mol. The third kappa shape index (κ3) is 7.33. The van der Waals surface area contributed by atoms with Crippen LogP contribution in [-0.2, 0) is 4.79 Å². The summed E-state index contributed by atoms with van der Waals surface area (Å²) < 4.78 is 0. The number of hydrogen-bond donors (Lipinski definition) is 1. The Kier molecular flexibility index (Phi) is 11.5. The summed E-state index contributed by atoms with van der Waals surface area (Å²) in [5.41, 5.74) is 6.92. The fraction of sp³-hybridized carbons (Fsp3) is 0.800. The summed E-state index contributed by atoms with van der Waals surface area (Å²) in [4.78, 5) is 10.0. The van der Waals surface area contributed by atoms with E-state index in [0.717, 1.165) is 5.75 Å². The van der Waals surface area contributed by atoms with Gasteiger partial charge in [-0.1, -0.05) is 6.42 Å². The van der Waals surface area contributed by atoms with E-state index in [1.54, 1.807) is 11.8 Å². The molecule has 10 heavy (non-hydrogen) atoms. The second-order valence-corrected chi connectivity index (χ2v) is 2.66. The van der Waals surface area contributed by atoms with Crippen LogP contribution in [0, 0.1) is 44.1 Å². The van der Waals surface area contributed by atoms with Gasteiger partial charge in [-0.25, -0.2) is 0 Å². The van der Waals surface area contributed by atoms with Gasteiger partial charge in [0, 0.05) is 44.1 Å². The van der Waals surface area contributed by atoms with Crippen molar-refractivity contribution >= 4 is 17.7 Å². The molecule has 0 heterocycles. The SMILES string of the molecule is CSCCC([NH-])C(=O)O.[Ac]. The molecule has 1 unspecified atom stereocenters. The summed E-state index contributed by atoms with van der Waals surface area (Å²) in [6.45, 7) is 0. The van der Waals surface area contributed by atoms with Gasteiger partial charge in [0.05, 0.1) is 0 Å². The third-order valence-corrected chi connectivity index (χ3v) is 1.55. The summed E-state index contributed by atoms with van der Waals surface area (Å²) in [7, 11) is 0. The third-order valence-electron chi connectivity index (χ3n) is 0.909. The first-order valence-electron chi connectivity index (χ1n) is 2.61. The molecule has 3 nitrogen and oxygen atoms in total. The van der Waals surface area contributed by atoms with Gasteiger partial charge in [0.1, 0.15) is 0 Å². The van der Waals surface area contributed by atoms with Crippen molar-refractivity contribution in [2.24, 2.45) is 0 Å². The molecule has 0 bridgehead atoms. The number of hydrogen-bond acceptors (Lipinski definition) is 2. The van der Waals surface area contributed by atoms with E-state index in [0.29, 0.717) is 6.42 Å². The van der Waals surface area contributed by atoms with E-state index in [1.807, 2.05) is 6.26 Å². The molecule has 0 fully saturated rings. The maximum atomic E-state index is 10.0. The van der Waals surface area contributed by atoms with Crippen LogP contribution in [0.25, 0.3) is 5.73 Å². The number of thioether (sulfide) groups is 1. The molecule has 0 aliphatic rings. The van der Waals surface area contributed by atoms with Gasteiger partial charge in [-0.05, 0) is 18.1 Å². The minimum Gasteiger partial charge on any atom is -0.665 e. The largest absolute Gasteiger partial charge is 0.665 e. The molecule has 0 aliphatic heterocycles. The maximum Gasteiger partial charge on any atom is 0.285 e. The quantitative estimate of drug-likeness (QED) is 0.805. The zero-order valence-electron chi connectivity index (χ0n) is 5.83. The Hall–Kier alpha value is 1.22. The normalized spacial score (nSPS) is 11.8. The van der Waals surface area contributed by atoms with Crippen molar-refractivity contribution in [3.8, 4) is 0 Å². The van der Waals surface area contributed by atoms with Crippen LogP contribution in [0.1, 0.15) is 6.42 Å². The second-order valence-electron chi connectivity index (χ2n) is 1.67. The predicted octanol–water partition coefficient (Wildman–Crippen LogP) is 1.24. The number of aliphatic carboxylic acids is 1. The van der Waals surface area contributed by atoms with Crippen LogP contribution in [0.4, 0.5) is 0 Å². The first kappa shape index (κ1) is 13.8. The molecule has 0 spiro atoms. The maximum absolute atomic E-state index is 10.0. The van der Waals surface area contributed by atoms with Crippen LogP contribution < -0.4 is 0 Å². The first-order valence-corrected chi connectivity index (χ1v) is 4.00. The van der Waals surface area contributed by atoms with Gasteiger partial charge < -0.3 is 10.8 Å². The Labute approximate surface area is 101 Å². The van der Waals surface area contributed by atoms with Crippen molar-refractivity contribution in [3.63, 3.8) is 0 Å². The Balaban J connectivity index is 0. The summed E-state index contributed by atoms with van der Waals surface area (Å²) in [5.74, 6) is -0.274. The molecule has 1 atom stereocenters. The van der Waals surface area contributed by atoms with Gasteiger partial charge in [-0.3, -0.25) is 4.79 Å². The number of nitrogens with one attached hydrogen (secondary N) is 1. The van der Waals surface area contributed by atoms with Crippen LogP contribution in [0.15, 0.2) is 0 Å². The molecule has 0 amide bonds. The smallest absolute Gasteiger partial charge is 0.285 e. The molecule has 5 heteroatoms. The van der Waals surface area contributed by atoms with Crippen LogP contribution in [0.5, 0.6) is 0 Å². The zero-order valence-corrected chi connectivity index (χ0v) is 11.4. The summed E-state index contributed by atoms with van der Waals surface area (Å²) in [6.07, 6.45) is 2.34. The van der Waals surface area contributed by atoms with Crippen molar-refractivity contribution in [2.45, 2.75) is 12.5 Å². The van der Waals surface area contributed by atoms with Gasteiger partial charge in [0.2, 0.25) is 0 Å². The minimum atomic E-state index is -1.02. The van der Waals surface area contributed by atoms with E-state index >= 15 is 0 Å². The average molecular weight is 375 g/mol. The van der Waals surface area contributed by atoms with Crippen molar-refractivity contribution < 1.29 is 54.0 Å². The standard InChI is InChI=1S/C5H10NO2S.Ac/c1-9-3-2-4(6)5(7)8;/h4,6H,2-3H2,1H3,(H,7,8);/q-1;. The van der Waals surface area contributed by atoms with E-state index in [9.17, 15) is 4.79 Å². The van der Waals surface area contributed by atoms with E-state index < -0.39 is 12.0 Å². The Bertz CT molecular complexity index is 102. The van der Waals surface area contributed by atoms with Gasteiger partial charge in [-0.2, -0.15) is 11.8 Å². The fourth-order valence-corrected chi connectivity index (χ4v) is 0.831. The minimum absolute atomic E-state index is 0. The molecule has 0 rings (SSSR count). The molecule has 57 valence electrons. The zero-order chi connectivity index (χ0) is 7.28. The first-order chi connectivity index (χ1) is 4.18. The topological polar surface area (TPSA) is 61.1 Å². The molecule has 0 aliphatic carbocycles. The summed E-state index contributed by atoms with van der Waals surface area (Å²) >= 11 is 1.56. The van der Waals surface area contributed by atoms with Crippen LogP contribution in [0.2, 0.25) is 0 Å². The molecular weight excluding hydrogens is 365 g/mol. The molecule has 0 aromatic carbocycles. The van der Waals surface area contributed by atoms with Crippen molar-refractivity contribution in [3.05, 3.63) is 5.73 Å². The second kappa shape index (κ2) is 8.32. The Morgan fingerprint density at radius 2 is 2.30 bits per heavy atom. The molecule has 1 radical (unpaired) electrons. The van der Waals surface area contributed by atoms with Crippen LogP contribution >= 0.6 is 11.8 Å². The van der Waals surface area contributed by atoms with E-state index in [-0.39, 0.29) is 44.1 Å². The van der Waals surface area contributed by atoms with E-state index in [2.05, 4.69) is 0 Å². The Morgan fingerprint density at radius 3 is 2.60 bits per heavy atom. The number of carboxylic acids is 1. The fourth-order valence-electron chi connectivity index (χ4n) is 0.359. The molecule has 2 N–H and O–H groups in total. The van der Waals surface area contributed by atoms with Gasteiger partial charge in [-0.15, -0.1) is 0 Å². The molecule has 0 saturated carbocycles. The molecule has 0 aromatic rings. The van der Waals surface area contributed by atoms with E-state index in [1.165, 1.54) is 0 Å². The van der Waals surface area contributed by atoms with Crippen molar-refractivity contribution in [1.82, 2.24) is 0 Å². The summed E-state index contributed by atoms with van der Waals surface area (Å²) in [5, 5.41) is 8.21. The van der Waals surface area contributed by atoms with Gasteiger partial charge in [0.25, 0.3) is 5.97 Å². The van der Waals surface area contributed by atoms with Crippen LogP contribution in [0.3, 0.4) is 0 Å². The molecule has 0 saturated heterocycles. The van der Waals surface area contributed by atoms with Gasteiger partial charge >= 0.3 is 0 Å². The monoisotopic (exact) mass is 375 g/mol. The van der Waals surface area contributed by atoms with Gasteiger partial charge in [0.15, 0.2) is 0 Å². The van der Waals surface area contributed by atoms with E-state index in [4.69, 9.17) is 10.8 Å². The number of carbonyl (C=O) groups is 1. The average Bonchev–Trinajstić information content (AvgIpc) is 1.82. The van der Waals surface area contributed by atoms with Crippen LogP contribution in [-0.4, -0.2) is 29.1 Å². The number of carboxylic acid groups (broad SMARTS) is 1. The molecular formula is C5H10AcNO2S-. The number of rotatable bonds is 4.